The lowest BCUT2D eigenvalue weighted by atomic mass is 10.3. The zero-order valence-corrected chi connectivity index (χ0v) is 14.5. The van der Waals surface area contributed by atoms with Gasteiger partial charge in [0.1, 0.15) is 5.75 Å². The topological polar surface area (TPSA) is 88.1 Å². The number of hydrogen-bond donors (Lipinski definition) is 1. The van der Waals surface area contributed by atoms with Gasteiger partial charge in [-0.05, 0) is 24.3 Å². The molecule has 1 N–H and O–H groups in total. The van der Waals surface area contributed by atoms with E-state index in [2.05, 4.69) is 10.3 Å². The van der Waals surface area contributed by atoms with Crippen LogP contribution in [0.3, 0.4) is 0 Å². The molecular weight excluding hydrogens is 350 g/mol. The summed E-state index contributed by atoms with van der Waals surface area (Å²) in [6.45, 7) is 0. The van der Waals surface area contributed by atoms with Crippen molar-refractivity contribution in [3.8, 4) is 5.75 Å². The van der Waals surface area contributed by atoms with Crippen molar-refractivity contribution in [3.63, 3.8) is 0 Å². The third kappa shape index (κ3) is 3.73. The van der Waals surface area contributed by atoms with Crippen molar-refractivity contribution in [3.05, 3.63) is 24.3 Å². The maximum absolute atomic E-state index is 12.4. The van der Waals surface area contributed by atoms with E-state index in [1.54, 1.807) is 31.4 Å². The van der Waals surface area contributed by atoms with Gasteiger partial charge < -0.3 is 10.1 Å². The molecular formula is C15H15N3O4S2. The lowest BCUT2D eigenvalue weighted by molar-refractivity contribution is -0.137. The molecule has 3 amide bonds. The summed E-state index contributed by atoms with van der Waals surface area (Å²) >= 11 is 2.60. The van der Waals surface area contributed by atoms with Gasteiger partial charge in [-0.25, -0.2) is 9.89 Å². The van der Waals surface area contributed by atoms with E-state index in [0.717, 1.165) is 4.90 Å². The van der Waals surface area contributed by atoms with Crippen molar-refractivity contribution in [2.75, 3.05) is 18.6 Å². The second-order valence-corrected chi connectivity index (χ2v) is 7.21. The molecule has 0 aromatic heterocycles. The van der Waals surface area contributed by atoms with Crippen LogP contribution in [0.25, 0.3) is 0 Å². The standard InChI is InChI=1S/C15H15N3O4S2/c1-22-10-4-2-9(3-5-10)16-15-18(14(21)8-24-15)13(20)6-12-17-11(19)7-23-12/h2-5,12H,6-8H2,1H3,(H,17,19). The number of methoxy groups -OCH3 is 1. The number of benzene rings is 1. The highest BCUT2D eigenvalue weighted by Crippen LogP contribution is 2.27. The molecule has 2 heterocycles. The molecule has 2 aliphatic heterocycles. The second-order valence-electron chi connectivity index (χ2n) is 5.08. The molecule has 0 bridgehead atoms. The first-order chi connectivity index (χ1) is 11.6. The van der Waals surface area contributed by atoms with Crippen molar-refractivity contribution in [1.82, 2.24) is 10.2 Å². The fourth-order valence-corrected chi connectivity index (χ4v) is 4.05. The number of thioether (sulfide) groups is 2. The Hall–Kier alpha value is -2.00. The van der Waals surface area contributed by atoms with E-state index >= 15 is 0 Å². The minimum absolute atomic E-state index is 0.0737. The zero-order chi connectivity index (χ0) is 17.1. The Morgan fingerprint density at radius 2 is 2.08 bits per heavy atom. The van der Waals surface area contributed by atoms with Crippen molar-refractivity contribution in [2.45, 2.75) is 11.8 Å². The first-order valence-electron chi connectivity index (χ1n) is 7.19. The highest BCUT2D eigenvalue weighted by atomic mass is 32.2. The average Bonchev–Trinajstić information content (AvgIpc) is 3.14. The molecule has 2 saturated heterocycles. The summed E-state index contributed by atoms with van der Waals surface area (Å²) in [7, 11) is 1.58. The largest absolute Gasteiger partial charge is 0.497 e. The van der Waals surface area contributed by atoms with Gasteiger partial charge in [-0.1, -0.05) is 11.8 Å². The lowest BCUT2D eigenvalue weighted by Gasteiger charge is -2.16. The molecule has 0 spiro atoms. The molecule has 2 fully saturated rings. The smallest absolute Gasteiger partial charge is 0.245 e. The molecule has 1 unspecified atom stereocenters. The van der Waals surface area contributed by atoms with Crippen LogP contribution < -0.4 is 10.1 Å². The van der Waals surface area contributed by atoms with E-state index in [9.17, 15) is 14.4 Å². The SMILES string of the molecule is COc1ccc(N=C2SCC(=O)N2C(=O)CC2NC(=O)CS2)cc1. The van der Waals surface area contributed by atoms with Gasteiger partial charge in [0.05, 0.1) is 36.1 Å². The van der Waals surface area contributed by atoms with Gasteiger partial charge in [-0.2, -0.15) is 0 Å². The van der Waals surface area contributed by atoms with Crippen LogP contribution in [0.2, 0.25) is 0 Å². The monoisotopic (exact) mass is 365 g/mol. The third-order valence-electron chi connectivity index (χ3n) is 3.41. The number of aliphatic imine (C=N–C) groups is 1. The van der Waals surface area contributed by atoms with Crippen molar-refractivity contribution in [1.29, 1.82) is 0 Å². The fourth-order valence-electron chi connectivity index (χ4n) is 2.26. The van der Waals surface area contributed by atoms with Crippen molar-refractivity contribution < 1.29 is 19.1 Å². The summed E-state index contributed by atoms with van der Waals surface area (Å²) in [6, 6.07) is 7.03. The number of carbonyl (C=O) groups is 3. The molecule has 0 saturated carbocycles. The maximum atomic E-state index is 12.4. The van der Waals surface area contributed by atoms with E-state index in [-0.39, 0.29) is 35.3 Å². The molecule has 24 heavy (non-hydrogen) atoms. The van der Waals surface area contributed by atoms with Crippen LogP contribution in [0, 0.1) is 0 Å². The first-order valence-corrected chi connectivity index (χ1v) is 9.22. The minimum Gasteiger partial charge on any atom is -0.497 e. The molecule has 3 rings (SSSR count). The van der Waals surface area contributed by atoms with E-state index < -0.39 is 0 Å². The van der Waals surface area contributed by atoms with Crippen LogP contribution in [-0.2, 0) is 14.4 Å². The molecule has 9 heteroatoms. The molecule has 126 valence electrons. The molecule has 0 radical (unpaired) electrons. The molecule has 1 aromatic rings. The normalized spacial score (nSPS) is 22.1. The van der Waals surface area contributed by atoms with E-state index in [0.29, 0.717) is 22.4 Å². The number of rotatable bonds is 4. The van der Waals surface area contributed by atoms with Crippen molar-refractivity contribution >= 4 is 52.1 Å². The summed E-state index contributed by atoms with van der Waals surface area (Å²) in [4.78, 5) is 41.2. The predicted octanol–water partition coefficient (Wildman–Crippen LogP) is 1.36. The summed E-state index contributed by atoms with van der Waals surface area (Å²) in [5.41, 5.74) is 0.634. The predicted molar refractivity (Wildman–Crippen MR) is 93.4 cm³/mol. The Kier molecular flexibility index (Phi) is 5.10. The minimum atomic E-state index is -0.350. The van der Waals surface area contributed by atoms with Crippen molar-refractivity contribution in [2.24, 2.45) is 4.99 Å². The van der Waals surface area contributed by atoms with Gasteiger partial charge in [0.15, 0.2) is 5.17 Å². The van der Waals surface area contributed by atoms with E-state index in [4.69, 9.17) is 4.74 Å². The highest BCUT2D eigenvalue weighted by molar-refractivity contribution is 8.15. The van der Waals surface area contributed by atoms with Gasteiger partial charge in [-0.3, -0.25) is 14.4 Å². The van der Waals surface area contributed by atoms with Crippen LogP contribution in [0.5, 0.6) is 5.75 Å². The number of amidine groups is 1. The van der Waals surface area contributed by atoms with Gasteiger partial charge >= 0.3 is 0 Å². The molecule has 2 aliphatic rings. The number of ether oxygens (including phenoxy) is 1. The Bertz CT molecular complexity index is 705. The number of hydrogen-bond acceptors (Lipinski definition) is 7. The van der Waals surface area contributed by atoms with Gasteiger partial charge in [-0.15, -0.1) is 11.8 Å². The van der Waals surface area contributed by atoms with E-state index in [1.807, 2.05) is 0 Å². The molecule has 0 aliphatic carbocycles. The lowest BCUT2D eigenvalue weighted by Crippen LogP contribution is -2.39. The van der Waals surface area contributed by atoms with Gasteiger partial charge in [0.2, 0.25) is 17.7 Å². The Morgan fingerprint density at radius 3 is 2.71 bits per heavy atom. The third-order valence-corrected chi connectivity index (χ3v) is 5.45. The number of amides is 3. The zero-order valence-electron chi connectivity index (χ0n) is 12.9. The maximum Gasteiger partial charge on any atom is 0.245 e. The summed E-state index contributed by atoms with van der Waals surface area (Å²) in [5.74, 6) is 0.504. The second kappa shape index (κ2) is 7.27. The molecule has 1 aromatic carbocycles. The number of nitrogens with zero attached hydrogens (tertiary/aromatic N) is 2. The molecule has 1 atom stereocenters. The highest BCUT2D eigenvalue weighted by Gasteiger charge is 2.36. The van der Waals surface area contributed by atoms with Gasteiger partial charge in [0.25, 0.3) is 0 Å². The Balaban J connectivity index is 1.74. The van der Waals surface area contributed by atoms with Crippen LogP contribution in [-0.4, -0.2) is 51.8 Å². The Labute approximate surface area is 147 Å². The average molecular weight is 365 g/mol. The number of imide groups is 1. The summed E-state index contributed by atoms with van der Waals surface area (Å²) < 4.78 is 5.09. The van der Waals surface area contributed by atoms with Crippen LogP contribution in [0.15, 0.2) is 29.3 Å². The fraction of sp³-hybridized carbons (Fsp3) is 0.333. The quantitative estimate of drug-likeness (QED) is 0.867. The van der Waals surface area contributed by atoms with Crippen LogP contribution in [0.1, 0.15) is 6.42 Å². The first kappa shape index (κ1) is 16.8. The van der Waals surface area contributed by atoms with Crippen LogP contribution >= 0.6 is 23.5 Å². The van der Waals surface area contributed by atoms with Gasteiger partial charge in [0, 0.05) is 0 Å². The number of nitrogens with one attached hydrogen (secondary N) is 1. The van der Waals surface area contributed by atoms with Crippen LogP contribution in [0.4, 0.5) is 5.69 Å². The number of carbonyl (C=O) groups excluding carboxylic acids is 3. The molecule has 7 nitrogen and oxygen atoms in total. The Morgan fingerprint density at radius 1 is 1.33 bits per heavy atom. The van der Waals surface area contributed by atoms with E-state index in [1.165, 1.54) is 23.5 Å². The summed E-state index contributed by atoms with van der Waals surface area (Å²) in [6.07, 6.45) is 0.0737. The summed E-state index contributed by atoms with van der Waals surface area (Å²) in [5, 5.41) is 2.78.